The van der Waals surface area contributed by atoms with E-state index in [2.05, 4.69) is 208 Å². The molecular formula is C52H40N2S. The molecule has 3 heteroatoms. The summed E-state index contributed by atoms with van der Waals surface area (Å²) >= 11 is 1.80. The van der Waals surface area contributed by atoms with E-state index in [9.17, 15) is 0 Å². The Morgan fingerprint density at radius 1 is 0.418 bits per heavy atom. The van der Waals surface area contributed by atoms with Crippen molar-refractivity contribution >= 4 is 45.1 Å². The highest BCUT2D eigenvalue weighted by Crippen LogP contribution is 2.37. The molecule has 0 N–H and O–H groups in total. The van der Waals surface area contributed by atoms with Crippen LogP contribution >= 0.6 is 11.3 Å². The lowest BCUT2D eigenvalue weighted by molar-refractivity contribution is 1.10. The summed E-state index contributed by atoms with van der Waals surface area (Å²) in [6.45, 7) is 4.28. The Balaban J connectivity index is 1.25. The van der Waals surface area contributed by atoms with Crippen LogP contribution < -0.4 is 9.06 Å². The summed E-state index contributed by atoms with van der Waals surface area (Å²) in [5, 5.41) is 0. The van der Waals surface area contributed by atoms with Crippen LogP contribution in [0.1, 0.15) is 33.4 Å². The number of hydrogen-bond acceptors (Lipinski definition) is 3. The molecule has 4 aromatic carbocycles. The maximum Gasteiger partial charge on any atom is 0.0730 e. The highest BCUT2D eigenvalue weighted by Gasteiger charge is 2.23. The van der Waals surface area contributed by atoms with Gasteiger partial charge in [0, 0.05) is 32.0 Å². The maximum absolute atomic E-state index is 5.41. The Kier molecular flexibility index (Phi) is 9.46. The van der Waals surface area contributed by atoms with E-state index in [0.29, 0.717) is 0 Å². The number of thiophene rings is 1. The molecular weight excluding hydrogens is 685 g/mol. The van der Waals surface area contributed by atoms with Crippen molar-refractivity contribution in [1.29, 1.82) is 0 Å². The Morgan fingerprint density at radius 2 is 0.800 bits per heavy atom. The van der Waals surface area contributed by atoms with Crippen molar-refractivity contribution in [2.75, 3.05) is 0 Å². The van der Waals surface area contributed by atoms with Crippen LogP contribution in [0.2, 0.25) is 0 Å². The summed E-state index contributed by atoms with van der Waals surface area (Å²) in [4.78, 5) is 10.8. The Labute approximate surface area is 327 Å². The SMILES string of the molecule is Cc1ccc(/C(C2=N/C(=C(\c3ccccc3)C3C=CC=C3)C=C2)=c2\cc/c(=C(C3=N/C(=C(\c4ccccc4)C4C=CC=C4)C=C3)/c3ccc(C)cc3)s2)cc1. The van der Waals surface area contributed by atoms with Crippen LogP contribution in [0.15, 0.2) is 216 Å². The molecule has 0 bridgehead atoms. The molecule has 3 heterocycles. The molecule has 0 fully saturated rings. The summed E-state index contributed by atoms with van der Waals surface area (Å²) in [7, 11) is 0. The molecule has 0 spiro atoms. The summed E-state index contributed by atoms with van der Waals surface area (Å²) in [5.41, 5.74) is 15.8. The van der Waals surface area contributed by atoms with Gasteiger partial charge in [0.1, 0.15) is 0 Å². The number of allylic oxidation sites excluding steroid dienone is 14. The average molecular weight is 725 g/mol. The summed E-state index contributed by atoms with van der Waals surface area (Å²) in [5.74, 6) is 0.352. The van der Waals surface area contributed by atoms with E-state index in [-0.39, 0.29) is 11.8 Å². The molecule has 9 rings (SSSR count). The molecule has 0 saturated carbocycles. The van der Waals surface area contributed by atoms with E-state index >= 15 is 0 Å². The molecule has 55 heavy (non-hydrogen) atoms. The fraction of sp³-hybridized carbons (Fsp3) is 0.0769. The molecule has 1 aromatic heterocycles. The number of rotatable bonds is 8. The van der Waals surface area contributed by atoms with E-state index in [1.165, 1.54) is 42.5 Å². The second-order valence-electron chi connectivity index (χ2n) is 14.2. The van der Waals surface area contributed by atoms with Crippen LogP contribution in [0.3, 0.4) is 0 Å². The summed E-state index contributed by atoms with van der Waals surface area (Å²) < 4.78 is 2.33. The van der Waals surface area contributed by atoms with Gasteiger partial charge in [-0.2, -0.15) is 0 Å². The van der Waals surface area contributed by atoms with Gasteiger partial charge in [0.2, 0.25) is 0 Å². The molecule has 5 aromatic rings. The minimum Gasteiger partial charge on any atom is -0.248 e. The zero-order chi connectivity index (χ0) is 37.1. The zero-order valence-corrected chi connectivity index (χ0v) is 31.7. The van der Waals surface area contributed by atoms with Gasteiger partial charge >= 0.3 is 0 Å². The van der Waals surface area contributed by atoms with Crippen LogP contribution in [-0.4, -0.2) is 11.4 Å². The number of nitrogens with zero attached hydrogens (tertiary/aromatic N) is 2. The summed E-state index contributed by atoms with van der Waals surface area (Å²) in [6, 6.07) is 43.5. The van der Waals surface area contributed by atoms with Crippen molar-refractivity contribution < 1.29 is 0 Å². The molecule has 0 amide bonds. The third-order valence-corrected chi connectivity index (χ3v) is 11.6. The van der Waals surface area contributed by atoms with Crippen LogP contribution in [0.4, 0.5) is 0 Å². The number of benzene rings is 4. The first kappa shape index (κ1) is 34.4. The minimum absolute atomic E-state index is 0.176. The normalized spacial score (nSPS) is 19.0. The molecule has 0 radical (unpaired) electrons. The minimum atomic E-state index is 0.176. The van der Waals surface area contributed by atoms with Crippen LogP contribution in [-0.2, 0) is 0 Å². The van der Waals surface area contributed by atoms with E-state index in [1.54, 1.807) is 11.3 Å². The van der Waals surface area contributed by atoms with Gasteiger partial charge in [-0.15, -0.1) is 11.3 Å². The van der Waals surface area contributed by atoms with Crippen molar-refractivity contribution in [2.45, 2.75) is 13.8 Å². The van der Waals surface area contributed by atoms with Gasteiger partial charge in [0.05, 0.1) is 22.8 Å². The predicted molar refractivity (Wildman–Crippen MR) is 234 cm³/mol. The summed E-state index contributed by atoms with van der Waals surface area (Å²) in [6.07, 6.45) is 26.3. The Bertz CT molecular complexity index is 2510. The van der Waals surface area contributed by atoms with Crippen molar-refractivity contribution in [2.24, 2.45) is 21.8 Å². The standard InChI is InChI=1S/C52H40N2S/c1-35-21-25-41(26-22-35)51(45-31-29-43(53-45)49(39-17-9-10-18-39)37-13-5-3-6-14-37)47-33-34-48(55-47)52(42-27-23-36(2)24-28-42)46-32-30-44(54-46)50(40-19-11-12-20-40)38-15-7-4-8-16-38/h3-34,39-40H,1-2H3/b49-43+,50-44+,51-47-,52-48+. The molecule has 0 atom stereocenters. The van der Waals surface area contributed by atoms with Gasteiger partial charge in [-0.05, 0) is 83.7 Å². The molecule has 2 aliphatic heterocycles. The first-order valence-corrected chi connectivity index (χ1v) is 19.7. The molecule has 0 saturated heterocycles. The van der Waals surface area contributed by atoms with Crippen LogP contribution in [0.5, 0.6) is 0 Å². The molecule has 2 aliphatic carbocycles. The van der Waals surface area contributed by atoms with Crippen LogP contribution in [0, 0.1) is 25.7 Å². The Morgan fingerprint density at radius 3 is 1.18 bits per heavy atom. The first-order valence-electron chi connectivity index (χ1n) is 18.9. The number of hydrogen-bond donors (Lipinski definition) is 0. The maximum atomic E-state index is 5.41. The second kappa shape index (κ2) is 15.1. The van der Waals surface area contributed by atoms with Crippen molar-refractivity contribution in [3.8, 4) is 0 Å². The number of aryl methyl sites for hydroxylation is 2. The topological polar surface area (TPSA) is 24.7 Å². The lowest BCUT2D eigenvalue weighted by Crippen LogP contribution is -2.12. The first-order chi connectivity index (χ1) is 27.1. The van der Waals surface area contributed by atoms with E-state index in [1.807, 2.05) is 0 Å². The van der Waals surface area contributed by atoms with Gasteiger partial charge in [-0.1, -0.05) is 169 Å². The number of aliphatic imine (C=N–C) groups is 2. The highest BCUT2D eigenvalue weighted by atomic mass is 32.1. The molecule has 264 valence electrons. The van der Waals surface area contributed by atoms with E-state index in [0.717, 1.165) is 45.1 Å². The Hall–Kier alpha value is -6.42. The molecule has 4 aliphatic rings. The highest BCUT2D eigenvalue weighted by molar-refractivity contribution is 7.08. The lowest BCUT2D eigenvalue weighted by atomic mass is 9.91. The second-order valence-corrected chi connectivity index (χ2v) is 15.3. The fourth-order valence-electron chi connectivity index (χ4n) is 7.69. The zero-order valence-electron chi connectivity index (χ0n) is 30.9. The fourth-order valence-corrected chi connectivity index (χ4v) is 8.85. The van der Waals surface area contributed by atoms with Crippen molar-refractivity contribution in [3.63, 3.8) is 0 Å². The van der Waals surface area contributed by atoms with Gasteiger partial charge < -0.3 is 0 Å². The van der Waals surface area contributed by atoms with Crippen molar-refractivity contribution in [1.82, 2.24) is 0 Å². The van der Waals surface area contributed by atoms with Crippen LogP contribution in [0.25, 0.3) is 22.3 Å². The monoisotopic (exact) mass is 724 g/mol. The molecule has 0 unspecified atom stereocenters. The quantitative estimate of drug-likeness (QED) is 0.152. The van der Waals surface area contributed by atoms with E-state index < -0.39 is 0 Å². The smallest absolute Gasteiger partial charge is 0.0730 e. The van der Waals surface area contributed by atoms with Gasteiger partial charge in [0.25, 0.3) is 0 Å². The third-order valence-electron chi connectivity index (χ3n) is 10.5. The van der Waals surface area contributed by atoms with E-state index in [4.69, 9.17) is 9.98 Å². The average Bonchev–Trinajstić information content (AvgIpc) is 4.08. The third kappa shape index (κ3) is 7.03. The molecule has 2 nitrogen and oxygen atoms in total. The van der Waals surface area contributed by atoms with Gasteiger partial charge in [-0.25, -0.2) is 9.98 Å². The van der Waals surface area contributed by atoms with Gasteiger partial charge in [-0.3, -0.25) is 0 Å². The lowest BCUT2D eigenvalue weighted by Gasteiger charge is -2.14. The largest absolute Gasteiger partial charge is 0.248 e. The predicted octanol–water partition coefficient (Wildman–Crippen LogP) is 11.1. The van der Waals surface area contributed by atoms with Crippen molar-refractivity contribution in [3.05, 3.63) is 248 Å². The van der Waals surface area contributed by atoms with Gasteiger partial charge in [0.15, 0.2) is 0 Å².